The van der Waals surface area contributed by atoms with Crippen LogP contribution < -0.4 is 5.32 Å². The van der Waals surface area contributed by atoms with E-state index < -0.39 is 11.6 Å². The van der Waals surface area contributed by atoms with Crippen molar-refractivity contribution < 1.29 is 19.4 Å². The van der Waals surface area contributed by atoms with Gasteiger partial charge in [-0.3, -0.25) is 0 Å². The molecular weight excluding hydrogens is 298 g/mol. The Morgan fingerprint density at radius 3 is 2.83 bits per heavy atom. The summed E-state index contributed by atoms with van der Waals surface area (Å²) in [6, 6.07) is 1.82. The number of carboxylic acids is 1. The summed E-state index contributed by atoms with van der Waals surface area (Å²) in [6.07, 6.45) is 3.74. The number of ether oxygens (including phenoxy) is 1. The van der Waals surface area contributed by atoms with Gasteiger partial charge in [-0.25, -0.2) is 14.6 Å². The average Bonchev–Trinajstić information content (AvgIpc) is 2.64. The van der Waals surface area contributed by atoms with Crippen molar-refractivity contribution in [2.45, 2.75) is 32.9 Å². The quantitative estimate of drug-likeness (QED) is 0.813. The van der Waals surface area contributed by atoms with E-state index in [4.69, 9.17) is 9.84 Å². The van der Waals surface area contributed by atoms with Crippen molar-refractivity contribution in [1.29, 1.82) is 0 Å². The van der Waals surface area contributed by atoms with Crippen LogP contribution in [-0.2, 0) is 16.1 Å². The van der Waals surface area contributed by atoms with Gasteiger partial charge in [0.25, 0.3) is 0 Å². The van der Waals surface area contributed by atoms with Crippen LogP contribution in [0.4, 0.5) is 10.6 Å². The minimum absolute atomic E-state index is 0.360. The number of carbonyl (C=O) groups excluding carboxylic acids is 1. The van der Waals surface area contributed by atoms with E-state index in [0.29, 0.717) is 31.0 Å². The van der Waals surface area contributed by atoms with E-state index in [0.717, 1.165) is 11.6 Å². The topological polar surface area (TPSA) is 91.8 Å². The summed E-state index contributed by atoms with van der Waals surface area (Å²) in [7, 11) is 0. The summed E-state index contributed by atoms with van der Waals surface area (Å²) in [5, 5.41) is 11.9. The summed E-state index contributed by atoms with van der Waals surface area (Å²) in [4.78, 5) is 28.7. The van der Waals surface area contributed by atoms with E-state index in [1.165, 1.54) is 6.08 Å². The van der Waals surface area contributed by atoms with Crippen molar-refractivity contribution in [3.8, 4) is 0 Å². The zero-order valence-electron chi connectivity index (χ0n) is 13.5. The first-order valence-electron chi connectivity index (χ1n) is 7.36. The molecule has 1 aliphatic rings. The molecule has 0 unspecified atom stereocenters. The number of aromatic nitrogens is 1. The lowest BCUT2D eigenvalue weighted by Crippen LogP contribution is -2.37. The van der Waals surface area contributed by atoms with Gasteiger partial charge in [-0.2, -0.15) is 0 Å². The number of anilines is 1. The van der Waals surface area contributed by atoms with Gasteiger partial charge in [0, 0.05) is 30.9 Å². The predicted octanol–water partition coefficient (Wildman–Crippen LogP) is 2.34. The molecule has 7 heteroatoms. The highest BCUT2D eigenvalue weighted by atomic mass is 16.6. The third kappa shape index (κ3) is 4.98. The van der Waals surface area contributed by atoms with E-state index in [1.54, 1.807) is 11.1 Å². The highest BCUT2D eigenvalue weighted by molar-refractivity contribution is 5.85. The molecule has 1 aromatic heterocycles. The second-order valence-electron chi connectivity index (χ2n) is 6.28. The molecular formula is C16H21N3O4. The van der Waals surface area contributed by atoms with Crippen LogP contribution in [0.1, 0.15) is 31.9 Å². The predicted molar refractivity (Wildman–Crippen MR) is 86.0 cm³/mol. The fourth-order valence-corrected chi connectivity index (χ4v) is 2.14. The molecule has 124 valence electrons. The Hall–Kier alpha value is -2.57. The zero-order valence-corrected chi connectivity index (χ0v) is 13.5. The van der Waals surface area contributed by atoms with E-state index in [-0.39, 0.29) is 6.09 Å². The van der Waals surface area contributed by atoms with Crippen molar-refractivity contribution in [3.05, 3.63) is 29.5 Å². The third-order valence-corrected chi connectivity index (χ3v) is 3.09. The van der Waals surface area contributed by atoms with Gasteiger partial charge in [-0.15, -0.1) is 0 Å². The van der Waals surface area contributed by atoms with Crippen molar-refractivity contribution in [3.63, 3.8) is 0 Å². The first-order valence-corrected chi connectivity index (χ1v) is 7.36. The highest BCUT2D eigenvalue weighted by Gasteiger charge is 2.24. The molecule has 1 aromatic rings. The maximum absolute atomic E-state index is 12.2. The largest absolute Gasteiger partial charge is 0.478 e. The summed E-state index contributed by atoms with van der Waals surface area (Å²) in [6.45, 7) is 6.91. The number of nitrogens with one attached hydrogen (secondary N) is 1. The summed E-state index contributed by atoms with van der Waals surface area (Å²) >= 11 is 0. The second-order valence-corrected chi connectivity index (χ2v) is 6.28. The van der Waals surface area contributed by atoms with Crippen LogP contribution in [0.25, 0.3) is 6.08 Å². The van der Waals surface area contributed by atoms with Crippen molar-refractivity contribution in [2.24, 2.45) is 0 Å². The van der Waals surface area contributed by atoms with Crippen LogP contribution in [0.3, 0.4) is 0 Å². The average molecular weight is 319 g/mol. The van der Waals surface area contributed by atoms with Crippen molar-refractivity contribution >= 4 is 24.0 Å². The van der Waals surface area contributed by atoms with Gasteiger partial charge in [0.05, 0.1) is 6.54 Å². The third-order valence-electron chi connectivity index (χ3n) is 3.09. The number of carboxylic acid groups (broad SMARTS) is 1. The number of hydrogen-bond donors (Lipinski definition) is 2. The number of nitrogens with zero attached hydrogens (tertiary/aromatic N) is 2. The Bertz CT molecular complexity index is 635. The molecule has 0 aromatic carbocycles. The molecule has 0 saturated heterocycles. The molecule has 0 aliphatic carbocycles. The summed E-state index contributed by atoms with van der Waals surface area (Å²) in [5.74, 6) is -0.322. The molecule has 23 heavy (non-hydrogen) atoms. The molecule has 0 spiro atoms. The SMILES string of the molecule is CC(C)(C)OC(=O)N1CCNc2ncc(C=CC(=O)O)cc2C1. The minimum Gasteiger partial charge on any atom is -0.478 e. The Labute approximate surface area is 135 Å². The van der Waals surface area contributed by atoms with E-state index in [2.05, 4.69) is 10.3 Å². The van der Waals surface area contributed by atoms with Gasteiger partial charge in [0.1, 0.15) is 11.4 Å². The number of hydrogen-bond acceptors (Lipinski definition) is 5. The van der Waals surface area contributed by atoms with Crippen molar-refractivity contribution in [1.82, 2.24) is 9.88 Å². The first-order chi connectivity index (χ1) is 10.7. The second kappa shape index (κ2) is 6.68. The summed E-state index contributed by atoms with van der Waals surface area (Å²) in [5.41, 5.74) is 0.934. The van der Waals surface area contributed by atoms with Gasteiger partial charge in [-0.1, -0.05) is 0 Å². The zero-order chi connectivity index (χ0) is 17.0. The Kier molecular flexibility index (Phi) is 4.88. The number of pyridine rings is 1. The van der Waals surface area contributed by atoms with Gasteiger partial charge >= 0.3 is 12.1 Å². The lowest BCUT2D eigenvalue weighted by atomic mass is 10.1. The van der Waals surface area contributed by atoms with E-state index in [1.807, 2.05) is 26.8 Å². The van der Waals surface area contributed by atoms with Crippen LogP contribution in [-0.4, -0.2) is 45.7 Å². The minimum atomic E-state index is -1.02. The molecule has 0 saturated carbocycles. The fraction of sp³-hybridized carbons (Fsp3) is 0.438. The van der Waals surface area contributed by atoms with Gasteiger partial charge in [-0.05, 0) is 38.5 Å². The van der Waals surface area contributed by atoms with Gasteiger partial charge in [0.15, 0.2) is 0 Å². The lowest BCUT2D eigenvalue weighted by molar-refractivity contribution is -0.131. The highest BCUT2D eigenvalue weighted by Crippen LogP contribution is 2.21. The van der Waals surface area contributed by atoms with Crippen LogP contribution in [0, 0.1) is 0 Å². The maximum atomic E-state index is 12.2. The number of aliphatic carboxylic acids is 1. The molecule has 1 amide bonds. The first kappa shape index (κ1) is 16.8. The van der Waals surface area contributed by atoms with Crippen LogP contribution in [0.15, 0.2) is 18.3 Å². The molecule has 0 bridgehead atoms. The normalized spacial score (nSPS) is 14.8. The maximum Gasteiger partial charge on any atom is 0.410 e. The standard InChI is InChI=1S/C16H21N3O4/c1-16(2,3)23-15(22)19-7-6-17-14-12(10-19)8-11(9-18-14)4-5-13(20)21/h4-5,8-9H,6-7,10H2,1-3H3,(H,17,18)(H,20,21). The molecule has 0 radical (unpaired) electrons. The van der Waals surface area contributed by atoms with Gasteiger partial charge < -0.3 is 20.1 Å². The number of carbonyl (C=O) groups is 2. The molecule has 0 atom stereocenters. The number of rotatable bonds is 2. The van der Waals surface area contributed by atoms with Crippen LogP contribution in [0.5, 0.6) is 0 Å². The van der Waals surface area contributed by atoms with E-state index in [9.17, 15) is 9.59 Å². The van der Waals surface area contributed by atoms with Crippen molar-refractivity contribution in [2.75, 3.05) is 18.4 Å². The van der Waals surface area contributed by atoms with Crippen LogP contribution >= 0.6 is 0 Å². The Balaban J connectivity index is 2.19. The van der Waals surface area contributed by atoms with Gasteiger partial charge in [0.2, 0.25) is 0 Å². The fourth-order valence-electron chi connectivity index (χ4n) is 2.14. The Morgan fingerprint density at radius 2 is 2.17 bits per heavy atom. The molecule has 1 aliphatic heterocycles. The molecule has 2 heterocycles. The van der Waals surface area contributed by atoms with Crippen LogP contribution in [0.2, 0.25) is 0 Å². The summed E-state index contributed by atoms with van der Waals surface area (Å²) < 4.78 is 5.40. The smallest absolute Gasteiger partial charge is 0.410 e. The molecule has 2 rings (SSSR count). The molecule has 2 N–H and O–H groups in total. The number of fused-ring (bicyclic) bond motifs is 1. The lowest BCUT2D eigenvalue weighted by Gasteiger charge is -2.26. The Morgan fingerprint density at radius 1 is 1.43 bits per heavy atom. The monoisotopic (exact) mass is 319 g/mol. The number of amides is 1. The molecule has 7 nitrogen and oxygen atoms in total. The molecule has 0 fully saturated rings. The van der Waals surface area contributed by atoms with E-state index >= 15 is 0 Å².